The summed E-state index contributed by atoms with van der Waals surface area (Å²) in [7, 11) is 1.74. The molecule has 0 aliphatic carbocycles. The van der Waals surface area contributed by atoms with Gasteiger partial charge in [-0.2, -0.15) is 10.2 Å². The lowest BCUT2D eigenvalue weighted by Crippen LogP contribution is -2.26. The summed E-state index contributed by atoms with van der Waals surface area (Å²) in [5.41, 5.74) is 2.93. The van der Waals surface area contributed by atoms with Crippen LogP contribution in [0.3, 0.4) is 0 Å². The van der Waals surface area contributed by atoms with Crippen LogP contribution in [0.2, 0.25) is 0 Å². The lowest BCUT2D eigenvalue weighted by atomic mass is 10.1. The third-order valence-corrected chi connectivity index (χ3v) is 4.62. The van der Waals surface area contributed by atoms with E-state index in [1.165, 1.54) is 10.9 Å². The smallest absolute Gasteiger partial charge is 0.254 e. The van der Waals surface area contributed by atoms with Crippen LogP contribution in [0.1, 0.15) is 22.8 Å². The molecule has 0 atom stereocenters. The van der Waals surface area contributed by atoms with Gasteiger partial charge in [-0.15, -0.1) is 0 Å². The maximum absolute atomic E-state index is 13.3. The number of benzene rings is 2. The number of amides is 1. The van der Waals surface area contributed by atoms with Crippen LogP contribution >= 0.6 is 0 Å². The number of carbonyl (C=O) groups excluding carboxylic acids is 1. The maximum Gasteiger partial charge on any atom is 0.254 e. The van der Waals surface area contributed by atoms with Crippen LogP contribution in [0.5, 0.6) is 5.75 Å². The molecule has 0 fully saturated rings. The average molecular weight is 393 g/mol. The quantitative estimate of drug-likeness (QED) is 0.543. The number of hydrogen-bond acceptors (Lipinski definition) is 4. The minimum Gasteiger partial charge on any atom is -0.492 e. The first-order valence-electron chi connectivity index (χ1n) is 9.20. The van der Waals surface area contributed by atoms with Crippen molar-refractivity contribution >= 4 is 16.8 Å². The molecule has 2 aromatic carbocycles. The van der Waals surface area contributed by atoms with Crippen molar-refractivity contribution in [1.29, 1.82) is 0 Å². The third-order valence-electron chi connectivity index (χ3n) is 4.62. The Balaban J connectivity index is 1.60. The van der Waals surface area contributed by atoms with Crippen LogP contribution in [0, 0.1) is 5.82 Å². The molecule has 148 valence electrons. The van der Waals surface area contributed by atoms with E-state index < -0.39 is 5.82 Å². The van der Waals surface area contributed by atoms with E-state index in [2.05, 4.69) is 15.3 Å². The number of H-pyrrole nitrogens is 1. The summed E-state index contributed by atoms with van der Waals surface area (Å²) < 4.78 is 20.4. The Morgan fingerprint density at radius 1 is 1.28 bits per heavy atom. The Kier molecular flexibility index (Phi) is 4.99. The molecule has 2 aromatic heterocycles. The van der Waals surface area contributed by atoms with E-state index in [1.54, 1.807) is 36.3 Å². The van der Waals surface area contributed by atoms with E-state index in [4.69, 9.17) is 4.74 Å². The standard InChI is InChI=1S/C21H20FN5O2/c1-3-29-19-9-14(7-8-18(19)27-13-17(22)11-24-27)21(28)26(2)12-16-6-4-5-15-10-23-25-20(15)16/h4-11,13H,3,12H2,1-2H3,(H,23,25). The zero-order valence-corrected chi connectivity index (χ0v) is 16.1. The Labute approximate surface area is 166 Å². The van der Waals surface area contributed by atoms with Crippen molar-refractivity contribution in [2.75, 3.05) is 13.7 Å². The SMILES string of the molecule is CCOc1cc(C(=O)N(C)Cc2cccc3cn[nH]c23)ccc1-n1cc(F)cn1. The molecule has 0 radical (unpaired) electrons. The number of nitrogens with one attached hydrogen (secondary N) is 1. The predicted molar refractivity (Wildman–Crippen MR) is 107 cm³/mol. The Bertz CT molecular complexity index is 1170. The van der Waals surface area contributed by atoms with E-state index in [9.17, 15) is 9.18 Å². The fraction of sp³-hybridized carbons (Fsp3) is 0.190. The van der Waals surface area contributed by atoms with Crippen LogP contribution in [0.4, 0.5) is 4.39 Å². The van der Waals surface area contributed by atoms with Gasteiger partial charge in [0.25, 0.3) is 5.91 Å². The number of para-hydroxylation sites is 1. The molecule has 1 N–H and O–H groups in total. The van der Waals surface area contributed by atoms with E-state index in [-0.39, 0.29) is 5.91 Å². The topological polar surface area (TPSA) is 76.0 Å². The first-order valence-corrected chi connectivity index (χ1v) is 9.20. The van der Waals surface area contributed by atoms with Gasteiger partial charge in [0, 0.05) is 24.5 Å². The van der Waals surface area contributed by atoms with Gasteiger partial charge in [-0.3, -0.25) is 9.89 Å². The van der Waals surface area contributed by atoms with Crippen molar-refractivity contribution in [2.24, 2.45) is 0 Å². The second-order valence-corrected chi connectivity index (χ2v) is 6.63. The number of ether oxygens (including phenoxy) is 1. The number of nitrogens with zero attached hydrogens (tertiary/aromatic N) is 4. The summed E-state index contributed by atoms with van der Waals surface area (Å²) in [6.45, 7) is 2.68. The van der Waals surface area contributed by atoms with Crippen molar-refractivity contribution in [3.8, 4) is 11.4 Å². The van der Waals surface area contributed by atoms with Crippen LogP contribution in [0.25, 0.3) is 16.6 Å². The Morgan fingerprint density at radius 3 is 2.90 bits per heavy atom. The van der Waals surface area contributed by atoms with Crippen LogP contribution < -0.4 is 4.74 Å². The van der Waals surface area contributed by atoms with Gasteiger partial charge in [-0.1, -0.05) is 18.2 Å². The number of carbonyl (C=O) groups is 1. The molecule has 29 heavy (non-hydrogen) atoms. The van der Waals surface area contributed by atoms with Crippen LogP contribution in [-0.4, -0.2) is 44.4 Å². The van der Waals surface area contributed by atoms with Gasteiger partial charge in [0.2, 0.25) is 0 Å². The van der Waals surface area contributed by atoms with Crippen molar-refractivity contribution in [3.05, 3.63) is 71.9 Å². The monoisotopic (exact) mass is 393 g/mol. The Hall–Kier alpha value is -3.68. The third kappa shape index (κ3) is 3.69. The molecule has 0 aliphatic rings. The van der Waals surface area contributed by atoms with Gasteiger partial charge < -0.3 is 9.64 Å². The molecule has 0 unspecified atom stereocenters. The van der Waals surface area contributed by atoms with Crippen molar-refractivity contribution < 1.29 is 13.9 Å². The number of rotatable bonds is 6. The summed E-state index contributed by atoms with van der Waals surface area (Å²) in [5.74, 6) is -0.133. The van der Waals surface area contributed by atoms with Gasteiger partial charge in [-0.25, -0.2) is 9.07 Å². The molecule has 4 aromatic rings. The highest BCUT2D eigenvalue weighted by Gasteiger charge is 2.17. The second kappa shape index (κ2) is 7.75. The van der Waals surface area contributed by atoms with Crippen LogP contribution in [0.15, 0.2) is 55.0 Å². The fourth-order valence-electron chi connectivity index (χ4n) is 3.25. The maximum atomic E-state index is 13.3. The van der Waals surface area contributed by atoms with Crippen LogP contribution in [-0.2, 0) is 6.54 Å². The predicted octanol–water partition coefficient (Wildman–Crippen LogP) is 3.56. The normalized spacial score (nSPS) is 11.0. The molecule has 7 nitrogen and oxygen atoms in total. The molecule has 0 saturated carbocycles. The first kappa shape index (κ1) is 18.7. The molecule has 0 saturated heterocycles. The highest BCUT2D eigenvalue weighted by atomic mass is 19.1. The highest BCUT2D eigenvalue weighted by Crippen LogP contribution is 2.26. The average Bonchev–Trinajstić information content (AvgIpc) is 3.37. The molecule has 0 spiro atoms. The second-order valence-electron chi connectivity index (χ2n) is 6.63. The molecule has 0 bridgehead atoms. The summed E-state index contributed by atoms with van der Waals surface area (Å²) in [6, 6.07) is 10.9. The van der Waals surface area contributed by atoms with Gasteiger partial charge >= 0.3 is 0 Å². The lowest BCUT2D eigenvalue weighted by molar-refractivity contribution is 0.0785. The van der Waals surface area contributed by atoms with E-state index >= 15 is 0 Å². The fourth-order valence-corrected chi connectivity index (χ4v) is 3.25. The van der Waals surface area contributed by atoms with E-state index in [1.807, 2.05) is 25.1 Å². The zero-order valence-electron chi connectivity index (χ0n) is 16.1. The number of halogens is 1. The van der Waals surface area contributed by atoms with E-state index in [0.29, 0.717) is 30.2 Å². The summed E-state index contributed by atoms with van der Waals surface area (Å²) in [5, 5.41) is 12.0. The Morgan fingerprint density at radius 2 is 2.14 bits per heavy atom. The van der Waals surface area contributed by atoms with Crippen molar-refractivity contribution in [2.45, 2.75) is 13.5 Å². The highest BCUT2D eigenvalue weighted by molar-refractivity contribution is 5.95. The largest absolute Gasteiger partial charge is 0.492 e. The van der Waals surface area contributed by atoms with Gasteiger partial charge in [-0.05, 0) is 30.7 Å². The lowest BCUT2D eigenvalue weighted by Gasteiger charge is -2.19. The summed E-state index contributed by atoms with van der Waals surface area (Å²) in [4.78, 5) is 14.6. The summed E-state index contributed by atoms with van der Waals surface area (Å²) >= 11 is 0. The van der Waals surface area contributed by atoms with Gasteiger partial charge in [0.05, 0.1) is 30.7 Å². The number of hydrogen-bond donors (Lipinski definition) is 1. The number of aromatic amines is 1. The van der Waals surface area contributed by atoms with Gasteiger partial charge in [0.1, 0.15) is 11.4 Å². The zero-order chi connectivity index (χ0) is 20.4. The molecular formula is C21H20FN5O2. The molecular weight excluding hydrogens is 373 g/mol. The molecule has 4 rings (SSSR count). The minimum absolute atomic E-state index is 0.152. The van der Waals surface area contributed by atoms with E-state index in [0.717, 1.165) is 22.7 Å². The van der Waals surface area contributed by atoms with Crippen molar-refractivity contribution in [3.63, 3.8) is 0 Å². The molecule has 0 aliphatic heterocycles. The molecule has 2 heterocycles. The summed E-state index contributed by atoms with van der Waals surface area (Å²) in [6.07, 6.45) is 4.14. The first-order chi connectivity index (χ1) is 14.1. The molecule has 8 heteroatoms. The number of fused-ring (bicyclic) bond motifs is 1. The minimum atomic E-state index is -0.444. The van der Waals surface area contributed by atoms with Crippen molar-refractivity contribution in [1.82, 2.24) is 24.9 Å². The number of aromatic nitrogens is 4. The van der Waals surface area contributed by atoms with Gasteiger partial charge in [0.15, 0.2) is 5.82 Å². The molecule has 1 amide bonds.